The second-order valence-corrected chi connectivity index (χ2v) is 5.46. The van der Waals surface area contributed by atoms with Gasteiger partial charge in [-0.15, -0.1) is 13.0 Å². The van der Waals surface area contributed by atoms with Crippen LogP contribution in [0.4, 0.5) is 5.69 Å². The zero-order valence-corrected chi connectivity index (χ0v) is 14.6. The highest BCUT2D eigenvalue weighted by molar-refractivity contribution is 5.85. The lowest BCUT2D eigenvalue weighted by molar-refractivity contribution is 0.815. The molecule has 1 aromatic rings. The van der Waals surface area contributed by atoms with Crippen LogP contribution in [-0.2, 0) is 0 Å². The molecule has 0 saturated carbocycles. The molecule has 0 amide bonds. The highest BCUT2D eigenvalue weighted by Crippen LogP contribution is 2.31. The number of nitrogens with zero attached hydrogens (tertiary/aromatic N) is 1. The van der Waals surface area contributed by atoms with Gasteiger partial charge in [0.1, 0.15) is 0 Å². The molecule has 0 unspecified atom stereocenters. The van der Waals surface area contributed by atoms with Gasteiger partial charge in [0.15, 0.2) is 0 Å². The minimum Gasteiger partial charge on any atom is -0.367 e. The van der Waals surface area contributed by atoms with E-state index in [1.807, 2.05) is 31.2 Å². The maximum Gasteiger partial charge on any atom is 0.0449 e. The fraction of sp³-hybridized carbons (Fsp3) is 0.273. The summed E-state index contributed by atoms with van der Waals surface area (Å²) in [5, 5.41) is 0. The van der Waals surface area contributed by atoms with Gasteiger partial charge in [-0.1, -0.05) is 43.7 Å². The Bertz CT molecular complexity index is 653. The van der Waals surface area contributed by atoms with Gasteiger partial charge in [0.2, 0.25) is 0 Å². The summed E-state index contributed by atoms with van der Waals surface area (Å²) in [6.07, 6.45) is 14.7. The quantitative estimate of drug-likeness (QED) is 0.343. The van der Waals surface area contributed by atoms with E-state index < -0.39 is 0 Å². The average molecular weight is 305 g/mol. The van der Waals surface area contributed by atoms with E-state index in [1.54, 1.807) is 0 Å². The second-order valence-electron chi connectivity index (χ2n) is 5.46. The van der Waals surface area contributed by atoms with E-state index in [0.717, 1.165) is 47.5 Å². The molecule has 0 aliphatic rings. The van der Waals surface area contributed by atoms with E-state index >= 15 is 0 Å². The molecule has 1 rings (SSSR count). The Hall–Kier alpha value is -2.46. The molecule has 23 heavy (non-hydrogen) atoms. The van der Waals surface area contributed by atoms with Crippen molar-refractivity contribution in [3.8, 4) is 12.3 Å². The van der Waals surface area contributed by atoms with Crippen LogP contribution >= 0.6 is 0 Å². The Balaban J connectivity index is 3.39. The molecule has 0 aliphatic carbocycles. The summed E-state index contributed by atoms with van der Waals surface area (Å²) in [5.41, 5.74) is 5.26. The first-order valence-corrected chi connectivity index (χ1v) is 8.04. The first-order chi connectivity index (χ1) is 11.1. The van der Waals surface area contributed by atoms with Crippen LogP contribution in [0.2, 0.25) is 0 Å². The molecule has 0 saturated heterocycles. The van der Waals surface area contributed by atoms with Crippen molar-refractivity contribution >= 4 is 11.3 Å². The molecule has 0 spiro atoms. The number of hydrogen-bond donors (Lipinski definition) is 0. The van der Waals surface area contributed by atoms with Crippen LogP contribution in [-0.4, -0.2) is 13.1 Å². The van der Waals surface area contributed by atoms with Crippen LogP contribution in [0.25, 0.3) is 5.57 Å². The van der Waals surface area contributed by atoms with Crippen LogP contribution in [0, 0.1) is 12.3 Å². The molecule has 1 aromatic carbocycles. The van der Waals surface area contributed by atoms with Gasteiger partial charge in [-0.3, -0.25) is 0 Å². The number of benzene rings is 1. The van der Waals surface area contributed by atoms with Crippen molar-refractivity contribution in [2.45, 2.75) is 27.2 Å². The predicted octanol–water partition coefficient (Wildman–Crippen LogP) is 5.61. The molecule has 1 heteroatoms. The molecule has 0 N–H and O–H groups in total. The van der Waals surface area contributed by atoms with Gasteiger partial charge in [0.05, 0.1) is 0 Å². The van der Waals surface area contributed by atoms with Gasteiger partial charge in [0.25, 0.3) is 0 Å². The van der Waals surface area contributed by atoms with Gasteiger partial charge in [-0.2, -0.15) is 0 Å². The summed E-state index contributed by atoms with van der Waals surface area (Å²) in [5.74, 6) is 2.72. The number of terminal acetylenes is 1. The van der Waals surface area contributed by atoms with E-state index in [4.69, 9.17) is 6.42 Å². The summed E-state index contributed by atoms with van der Waals surface area (Å²) < 4.78 is 0. The summed E-state index contributed by atoms with van der Waals surface area (Å²) in [6.45, 7) is 16.2. The first kappa shape index (κ1) is 18.6. The SMILES string of the molecule is C#Cc1ccc(N(CC=C)CCC)c(C(=C)/C(C)=C/C=C\C)c1. The lowest BCUT2D eigenvalue weighted by Gasteiger charge is -2.26. The van der Waals surface area contributed by atoms with Crippen molar-refractivity contribution in [1.82, 2.24) is 0 Å². The molecule has 0 bridgehead atoms. The molecular weight excluding hydrogens is 278 g/mol. The van der Waals surface area contributed by atoms with Gasteiger partial charge >= 0.3 is 0 Å². The van der Waals surface area contributed by atoms with Crippen molar-refractivity contribution in [3.63, 3.8) is 0 Å². The predicted molar refractivity (Wildman–Crippen MR) is 105 cm³/mol. The molecule has 120 valence electrons. The Morgan fingerprint density at radius 2 is 2.13 bits per heavy atom. The zero-order valence-electron chi connectivity index (χ0n) is 14.6. The minimum atomic E-state index is 0.807. The van der Waals surface area contributed by atoms with E-state index in [2.05, 4.69) is 56.0 Å². The van der Waals surface area contributed by atoms with Crippen molar-refractivity contribution < 1.29 is 0 Å². The third kappa shape index (κ3) is 5.04. The minimum absolute atomic E-state index is 0.807. The van der Waals surface area contributed by atoms with E-state index in [9.17, 15) is 0 Å². The Morgan fingerprint density at radius 1 is 1.39 bits per heavy atom. The number of hydrogen-bond acceptors (Lipinski definition) is 1. The summed E-state index contributed by atoms with van der Waals surface area (Å²) >= 11 is 0. The number of allylic oxidation sites excluding steroid dienone is 5. The fourth-order valence-electron chi connectivity index (χ4n) is 2.43. The van der Waals surface area contributed by atoms with E-state index in [-0.39, 0.29) is 0 Å². The van der Waals surface area contributed by atoms with Crippen LogP contribution < -0.4 is 4.90 Å². The topological polar surface area (TPSA) is 3.24 Å². The third-order valence-corrected chi connectivity index (χ3v) is 3.69. The van der Waals surface area contributed by atoms with Crippen LogP contribution in [0.15, 0.2) is 61.2 Å². The van der Waals surface area contributed by atoms with Crippen molar-refractivity contribution in [3.05, 3.63) is 72.4 Å². The van der Waals surface area contributed by atoms with Gasteiger partial charge < -0.3 is 4.90 Å². The maximum absolute atomic E-state index is 5.58. The average Bonchev–Trinajstić information content (AvgIpc) is 2.58. The Kier molecular flexibility index (Phi) is 7.71. The zero-order chi connectivity index (χ0) is 17.2. The smallest absolute Gasteiger partial charge is 0.0449 e. The molecule has 0 aromatic heterocycles. The molecule has 0 atom stereocenters. The Morgan fingerprint density at radius 3 is 2.70 bits per heavy atom. The van der Waals surface area contributed by atoms with Crippen LogP contribution in [0.1, 0.15) is 38.3 Å². The first-order valence-electron chi connectivity index (χ1n) is 8.04. The lowest BCUT2D eigenvalue weighted by Crippen LogP contribution is -2.25. The fourth-order valence-corrected chi connectivity index (χ4v) is 2.43. The van der Waals surface area contributed by atoms with Gasteiger partial charge in [0, 0.05) is 29.9 Å². The molecule has 0 heterocycles. The normalized spacial score (nSPS) is 11.3. The Labute approximate surface area is 141 Å². The van der Waals surface area contributed by atoms with Crippen LogP contribution in [0.5, 0.6) is 0 Å². The lowest BCUT2D eigenvalue weighted by atomic mass is 9.96. The van der Waals surface area contributed by atoms with Crippen LogP contribution in [0.3, 0.4) is 0 Å². The van der Waals surface area contributed by atoms with Gasteiger partial charge in [-0.25, -0.2) is 0 Å². The van der Waals surface area contributed by atoms with Crippen molar-refractivity contribution in [2.24, 2.45) is 0 Å². The number of rotatable bonds is 8. The van der Waals surface area contributed by atoms with Crippen molar-refractivity contribution in [2.75, 3.05) is 18.0 Å². The standard InChI is InChI=1S/C22H27N/c1-7-11-12-18(5)19(6)21-17-20(10-4)13-14-22(21)23(15-8-2)16-9-3/h4,7-8,11-14,17H,2,6,9,15-16H2,1,3,5H3/b11-7-,18-12+. The molecular formula is C22H27N. The van der Waals surface area contributed by atoms with Crippen molar-refractivity contribution in [1.29, 1.82) is 0 Å². The largest absolute Gasteiger partial charge is 0.367 e. The molecule has 1 nitrogen and oxygen atoms in total. The maximum atomic E-state index is 5.58. The highest BCUT2D eigenvalue weighted by atomic mass is 15.1. The summed E-state index contributed by atoms with van der Waals surface area (Å²) in [6, 6.07) is 6.14. The summed E-state index contributed by atoms with van der Waals surface area (Å²) in [4.78, 5) is 2.32. The van der Waals surface area contributed by atoms with E-state index in [0.29, 0.717) is 0 Å². The molecule has 0 radical (unpaired) electrons. The number of anilines is 1. The highest BCUT2D eigenvalue weighted by Gasteiger charge is 2.13. The summed E-state index contributed by atoms with van der Waals surface area (Å²) in [7, 11) is 0. The monoisotopic (exact) mass is 305 g/mol. The third-order valence-electron chi connectivity index (χ3n) is 3.69. The molecule has 0 fully saturated rings. The van der Waals surface area contributed by atoms with Gasteiger partial charge in [-0.05, 0) is 49.6 Å². The second kappa shape index (κ2) is 9.54. The van der Waals surface area contributed by atoms with E-state index in [1.165, 1.54) is 0 Å². The molecule has 0 aliphatic heterocycles.